The van der Waals surface area contributed by atoms with Gasteiger partial charge in [0.05, 0.1) is 56.3 Å². The second kappa shape index (κ2) is 71.5. The quantitative estimate of drug-likeness (QED) is 0.00457. The highest BCUT2D eigenvalue weighted by molar-refractivity contribution is 6.63. The number of phenolic OH excluding ortho intramolecular Hbond substituents is 2. The number of ketones is 2. The highest BCUT2D eigenvalue weighted by atomic mass is 35.5. The molecule has 7 aromatic carbocycles. The first-order valence-corrected chi connectivity index (χ1v) is 45.6. The molecule has 1 unspecified atom stereocenters. The maximum Gasteiger partial charge on any atom is 0.337 e. The first-order valence-electron chi connectivity index (χ1n) is 45.2. The Morgan fingerprint density at radius 3 is 1.19 bits per heavy atom. The number of nitrogens with one attached hydrogen (secondary N) is 3. The summed E-state index contributed by atoms with van der Waals surface area (Å²) < 4.78 is 40.2. The van der Waals surface area contributed by atoms with Crippen molar-refractivity contribution >= 4 is 99.8 Å². The van der Waals surface area contributed by atoms with E-state index in [1.54, 1.807) is 71.9 Å². The summed E-state index contributed by atoms with van der Waals surface area (Å²) in [7, 11) is 0. The normalized spacial score (nSPS) is 13.4. The highest BCUT2D eigenvalue weighted by Crippen LogP contribution is 2.43. The van der Waals surface area contributed by atoms with Crippen molar-refractivity contribution in [2.24, 2.45) is 0 Å². The molecule has 2 aliphatic heterocycles. The molecular weight excluding hydrogens is 1750 g/mol. The van der Waals surface area contributed by atoms with E-state index in [0.717, 1.165) is 112 Å². The van der Waals surface area contributed by atoms with Gasteiger partial charge in [-0.1, -0.05) is 190 Å². The number of esters is 8. The maximum absolute atomic E-state index is 13.6. The molecule has 1 atom stereocenters. The molecule has 29 nitrogen and oxygen atoms in total. The Labute approximate surface area is 798 Å². The molecular formula is C105H137ClN4O25. The van der Waals surface area contributed by atoms with Crippen LogP contribution in [0.25, 0.3) is 0 Å². The van der Waals surface area contributed by atoms with Crippen molar-refractivity contribution in [3.63, 3.8) is 0 Å². The summed E-state index contributed by atoms with van der Waals surface area (Å²) in [6.07, 6.45) is 15.8. The van der Waals surface area contributed by atoms with Crippen molar-refractivity contribution in [3.05, 3.63) is 262 Å². The predicted molar refractivity (Wildman–Crippen MR) is 516 cm³/mol. The summed E-state index contributed by atoms with van der Waals surface area (Å²) in [5.41, 5.74) is 10.1. The number of benzene rings is 7. The molecule has 2 saturated carbocycles. The van der Waals surface area contributed by atoms with Crippen LogP contribution in [0, 0.1) is 10.8 Å². The van der Waals surface area contributed by atoms with E-state index >= 15 is 0 Å². The molecule has 7 aromatic rings. The number of aliphatic hydroxyl groups excluding tert-OH is 1. The van der Waals surface area contributed by atoms with Gasteiger partial charge >= 0.3 is 47.8 Å². The number of cyclic esters (lactones) is 2. The van der Waals surface area contributed by atoms with Gasteiger partial charge in [-0.15, -0.1) is 0 Å². The predicted octanol–water partition coefficient (Wildman–Crippen LogP) is 18.9. The number of aromatic hydroxyl groups is 2. The average molecular weight is 1890 g/mol. The van der Waals surface area contributed by atoms with E-state index in [4.69, 9.17) is 71.0 Å². The Hall–Kier alpha value is -13.1. The number of halogens is 1. The minimum atomic E-state index is -1.08. The minimum Gasteiger partial charge on any atom is -0.508 e. The zero-order chi connectivity index (χ0) is 99.4. The van der Waals surface area contributed by atoms with Gasteiger partial charge in [0.25, 0.3) is 11.8 Å². The number of carbonyl (C=O) groups is 13. The van der Waals surface area contributed by atoms with Gasteiger partial charge in [0.2, 0.25) is 5.24 Å². The third kappa shape index (κ3) is 56.5. The van der Waals surface area contributed by atoms with Crippen molar-refractivity contribution < 1.29 is 121 Å². The van der Waals surface area contributed by atoms with Crippen LogP contribution in [0.1, 0.15) is 247 Å². The fourth-order valence-electron chi connectivity index (χ4n) is 13.1. The van der Waals surface area contributed by atoms with Gasteiger partial charge in [0.1, 0.15) is 60.8 Å². The van der Waals surface area contributed by atoms with E-state index < -0.39 is 47.5 Å². The number of allylic oxidation sites excluding steroid dienone is 2. The number of hydrogen-bond acceptors (Lipinski definition) is 28. The van der Waals surface area contributed by atoms with Crippen molar-refractivity contribution in [2.45, 2.75) is 254 Å². The van der Waals surface area contributed by atoms with Crippen LogP contribution in [-0.4, -0.2) is 160 Å². The standard InChI is InChI=1S/C30H35NO5.2C13H17NO2.C13H16O3.C10H16O3.C9H9ClO.C7H6O2.C6H8O4.C2H4O2.C2H6O.H3N/c1-3-24-27(30(34)36-23-15-8-9-16-23)26(21-13-10-14-22(32)19-21)28(29(33)35-4-2)25(31-24)18-17-20-11-6-5-7-12-20;3*1-2-16-13(15)10-12(14)9-8-11-6-4-3-5-7-11;1-2-8(11)7-10(12)13-9-5-3-4-6-9;10-9(11)7-6-8-4-2-1-3-5-8;8-5-6-2-1-3-7(9)4-6;1-6(2)9-4(7)3-5(8)10-6;1-2(3)4;1-2-3;/h5-7,10-14,19,23,26,31-32H,3-4,8-9,15-18H2,1-2H3;2*3-7,14H,2,8-10H2,1H3;3-7H,2,8-10H2,1H3;9H,2-7H2,1H3;1-5H,6-7H2;1-5,9H;3H2,1-2H3;1H3,(H,3,4);3H,2H2,1H3;1H3. The SMILES string of the molecule is CC(=O)O.CC1(C)OC(=O)CC(=O)O1.CCC(=O)CC(=O)OC1CCCC1.CCO.CCOC(=O)C1=C(CCc2ccccc2)NC(CC)=C(C(=O)OC2CCCC2)C1c1cccc(O)c1.CCOC(=O)CC(=N)CCc1ccccc1.CCOC(=O)CC(=N)CCc1ccccc1.CCOC(=O)CC(=O)CCc1ccccc1.N.O=C(Cl)CCc1ccccc1.O=Cc1cccc(O)c1. The van der Waals surface area contributed by atoms with E-state index in [1.807, 2.05) is 153 Å². The van der Waals surface area contributed by atoms with Gasteiger partial charge in [0, 0.05) is 75.0 Å². The molecule has 0 spiro atoms. The summed E-state index contributed by atoms with van der Waals surface area (Å²) in [5, 5.41) is 52.5. The monoisotopic (exact) mass is 1890 g/mol. The molecule has 0 radical (unpaired) electrons. The van der Waals surface area contributed by atoms with Crippen molar-refractivity contribution in [2.75, 3.05) is 33.0 Å². The van der Waals surface area contributed by atoms with E-state index in [1.165, 1.54) is 37.1 Å². The van der Waals surface area contributed by atoms with Gasteiger partial charge in [-0.25, -0.2) is 9.59 Å². The topological polar surface area (TPSA) is 471 Å². The van der Waals surface area contributed by atoms with Gasteiger partial charge in [-0.3, -0.25) is 52.7 Å². The summed E-state index contributed by atoms with van der Waals surface area (Å²) in [6, 6.07) is 62.5. The number of aryl methyl sites for hydroxylation is 5. The largest absolute Gasteiger partial charge is 0.508 e. The van der Waals surface area contributed by atoms with Crippen LogP contribution >= 0.6 is 11.6 Å². The molecule has 10 N–H and O–H groups in total. The lowest BCUT2D eigenvalue weighted by Crippen LogP contribution is -2.39. The highest BCUT2D eigenvalue weighted by Gasteiger charge is 2.41. The number of aldehydes is 1. The van der Waals surface area contributed by atoms with Crippen molar-refractivity contribution in [3.8, 4) is 11.5 Å². The number of dihydropyridines is 1. The van der Waals surface area contributed by atoms with Crippen LogP contribution in [0.15, 0.2) is 223 Å². The number of carboxylic acid groups (broad SMARTS) is 1. The lowest BCUT2D eigenvalue weighted by atomic mass is 9.78. The summed E-state index contributed by atoms with van der Waals surface area (Å²) in [6.45, 7) is 18.1. The van der Waals surface area contributed by atoms with Gasteiger partial charge in [-0.05, 0) is 213 Å². The molecule has 734 valence electrons. The van der Waals surface area contributed by atoms with Crippen molar-refractivity contribution in [1.82, 2.24) is 11.5 Å². The smallest absolute Gasteiger partial charge is 0.337 e. The van der Waals surface area contributed by atoms with E-state index in [0.29, 0.717) is 111 Å². The number of carbonyl (C=O) groups excluding carboxylic acids is 12. The molecule has 0 amide bonds. The van der Waals surface area contributed by atoms with Gasteiger partial charge in [0.15, 0.2) is 0 Å². The van der Waals surface area contributed by atoms with Crippen LogP contribution in [0.4, 0.5) is 0 Å². The number of rotatable bonds is 35. The fraction of sp³-hybridized carbons (Fsp3) is 0.419. The molecule has 2 aliphatic carbocycles. The van der Waals surface area contributed by atoms with Gasteiger partial charge in [-0.2, -0.15) is 0 Å². The van der Waals surface area contributed by atoms with E-state index in [2.05, 4.69) is 26.9 Å². The van der Waals surface area contributed by atoms with E-state index in [-0.39, 0.29) is 110 Å². The molecule has 3 fully saturated rings. The fourth-order valence-corrected chi connectivity index (χ4v) is 13.2. The molecule has 0 aromatic heterocycles. The summed E-state index contributed by atoms with van der Waals surface area (Å²) in [4.78, 5) is 144. The Morgan fingerprint density at radius 2 is 0.822 bits per heavy atom. The first-order chi connectivity index (χ1) is 64.1. The van der Waals surface area contributed by atoms with Crippen LogP contribution in [0.2, 0.25) is 0 Å². The summed E-state index contributed by atoms with van der Waals surface area (Å²) in [5.74, 6) is -5.85. The second-order valence-corrected chi connectivity index (χ2v) is 31.3. The van der Waals surface area contributed by atoms with E-state index in [9.17, 15) is 62.6 Å². The third-order valence-corrected chi connectivity index (χ3v) is 19.5. The van der Waals surface area contributed by atoms with Gasteiger partial charge < -0.3 is 80.6 Å². The maximum atomic E-state index is 13.6. The number of aliphatic carboxylic acids is 1. The third-order valence-electron chi connectivity index (χ3n) is 19.3. The Kier molecular flexibility index (Phi) is 63.5. The molecule has 30 heteroatoms. The second-order valence-electron chi connectivity index (χ2n) is 30.8. The number of aliphatic hydroxyl groups is 1. The Balaban J connectivity index is 0.000000798. The molecule has 11 rings (SSSR count). The number of carboxylic acids is 1. The molecule has 0 bridgehead atoms. The first kappa shape index (κ1) is 120. The van der Waals surface area contributed by atoms with Crippen LogP contribution in [-0.2, 0) is 128 Å². The molecule has 135 heavy (non-hydrogen) atoms. The zero-order valence-electron chi connectivity index (χ0n) is 79.5. The summed E-state index contributed by atoms with van der Waals surface area (Å²) >= 11 is 5.19. The number of Topliss-reactive ketones (excluding diaryl/α,β-unsaturated/α-hetero) is 2. The molecule has 1 saturated heterocycles. The van der Waals surface area contributed by atoms with Crippen LogP contribution in [0.5, 0.6) is 11.5 Å². The average Bonchev–Trinajstić information content (AvgIpc) is 1.23. The molecule has 2 heterocycles. The molecule has 4 aliphatic rings. The minimum absolute atomic E-state index is 0. The number of phenols is 2. The Bertz CT molecular complexity index is 4610. The number of hydrogen-bond donors (Lipinski definition) is 8. The zero-order valence-corrected chi connectivity index (χ0v) is 80.3. The van der Waals surface area contributed by atoms with Crippen LogP contribution < -0.4 is 11.5 Å². The number of ether oxygens (including phenoxy) is 8. The van der Waals surface area contributed by atoms with Crippen molar-refractivity contribution in [1.29, 1.82) is 10.8 Å². The Morgan fingerprint density at radius 1 is 0.459 bits per heavy atom. The lowest BCUT2D eigenvalue weighted by molar-refractivity contribution is -0.231. The van der Waals surface area contributed by atoms with Crippen LogP contribution in [0.3, 0.4) is 0 Å². The lowest BCUT2D eigenvalue weighted by Gasteiger charge is -2.33.